The molecule has 38 heavy (non-hydrogen) atoms. The van der Waals surface area contributed by atoms with Crippen molar-refractivity contribution in [2.45, 2.75) is 32.6 Å². The van der Waals surface area contributed by atoms with Gasteiger partial charge in [0.15, 0.2) is 0 Å². The van der Waals surface area contributed by atoms with Gasteiger partial charge in [-0.3, -0.25) is 0 Å². The van der Waals surface area contributed by atoms with Crippen molar-refractivity contribution in [2.24, 2.45) is 11.8 Å². The molecule has 1 aliphatic rings. The molecule has 0 unspecified atom stereocenters. The zero-order chi connectivity index (χ0) is 26.3. The van der Waals surface area contributed by atoms with E-state index in [9.17, 15) is 4.79 Å². The maximum absolute atomic E-state index is 10.7. The summed E-state index contributed by atoms with van der Waals surface area (Å²) in [6, 6.07) is 24.6. The third-order valence-corrected chi connectivity index (χ3v) is 7.27. The molecule has 192 valence electrons. The molecule has 0 aliphatic heterocycles. The highest BCUT2D eigenvalue weighted by Crippen LogP contribution is 2.31. The predicted molar refractivity (Wildman–Crippen MR) is 154 cm³/mol. The van der Waals surface area contributed by atoms with Gasteiger partial charge in [-0.15, -0.1) is 5.92 Å². The lowest BCUT2D eigenvalue weighted by atomic mass is 9.83. The number of carboxylic acids is 1. The van der Waals surface area contributed by atoms with Crippen LogP contribution in [0.2, 0.25) is 0 Å². The summed E-state index contributed by atoms with van der Waals surface area (Å²) in [5.41, 5.74) is 1.91. The molecule has 0 bridgehead atoms. The minimum absolute atomic E-state index is 0.562. The van der Waals surface area contributed by atoms with Gasteiger partial charge in [0.05, 0.1) is 13.2 Å². The SMILES string of the molecule is CC#Cc1ccc2cc(OCC3CCC(COc4ccc5cc(/C=C/C(=O)O)ccc5c4)CC3)ccc2c1. The first-order valence-corrected chi connectivity index (χ1v) is 13.2. The standard InChI is InChI=1S/C34H32O4/c1-2-3-24-8-11-30-20-32(15-13-28(30)18-24)37-22-26-4-6-27(7-5-26)23-38-33-16-14-29-19-25(10-17-34(35)36)9-12-31(29)21-33/h8-21,26-27H,4-7,22-23H2,1H3,(H,35,36)/b17-10+. The number of fused-ring (bicyclic) bond motifs is 2. The van der Waals surface area contributed by atoms with Gasteiger partial charge in [-0.1, -0.05) is 36.3 Å². The Hall–Kier alpha value is -4.23. The molecule has 5 rings (SSSR count). The van der Waals surface area contributed by atoms with Crippen molar-refractivity contribution in [1.29, 1.82) is 0 Å². The van der Waals surface area contributed by atoms with E-state index in [0.717, 1.165) is 78.4 Å². The topological polar surface area (TPSA) is 55.8 Å². The van der Waals surface area contributed by atoms with Crippen LogP contribution in [0.25, 0.3) is 27.6 Å². The third kappa shape index (κ3) is 6.55. The Labute approximate surface area is 223 Å². The molecule has 0 atom stereocenters. The van der Waals surface area contributed by atoms with Crippen LogP contribution in [0.5, 0.6) is 11.5 Å². The molecule has 0 saturated heterocycles. The number of carbonyl (C=O) groups is 1. The van der Waals surface area contributed by atoms with Gasteiger partial charge in [-0.05, 0) is 120 Å². The number of hydrogen-bond donors (Lipinski definition) is 1. The predicted octanol–water partition coefficient (Wildman–Crippen LogP) is 7.73. The van der Waals surface area contributed by atoms with Crippen molar-refractivity contribution < 1.29 is 19.4 Å². The second kappa shape index (κ2) is 11.9. The summed E-state index contributed by atoms with van der Waals surface area (Å²) in [5.74, 6) is 8.06. The summed E-state index contributed by atoms with van der Waals surface area (Å²) >= 11 is 0. The summed E-state index contributed by atoms with van der Waals surface area (Å²) in [4.78, 5) is 10.7. The second-order valence-corrected chi connectivity index (χ2v) is 10.0. The molecule has 1 N–H and O–H groups in total. The highest BCUT2D eigenvalue weighted by molar-refractivity contribution is 5.89. The molecule has 1 aliphatic carbocycles. The van der Waals surface area contributed by atoms with Crippen LogP contribution in [0.4, 0.5) is 0 Å². The molecular weight excluding hydrogens is 472 g/mol. The molecule has 0 amide bonds. The van der Waals surface area contributed by atoms with Crippen LogP contribution in [-0.2, 0) is 4.79 Å². The van der Waals surface area contributed by atoms with Gasteiger partial charge in [0, 0.05) is 11.6 Å². The molecule has 4 nitrogen and oxygen atoms in total. The van der Waals surface area contributed by atoms with Gasteiger partial charge < -0.3 is 14.6 Å². The lowest BCUT2D eigenvalue weighted by Crippen LogP contribution is -2.23. The van der Waals surface area contributed by atoms with Crippen LogP contribution < -0.4 is 9.47 Å². The first-order valence-electron chi connectivity index (χ1n) is 13.2. The summed E-state index contributed by atoms with van der Waals surface area (Å²) in [6.07, 6.45) is 7.38. The van der Waals surface area contributed by atoms with Gasteiger partial charge in [0.25, 0.3) is 0 Å². The fraction of sp³-hybridized carbons (Fsp3) is 0.265. The zero-order valence-electron chi connectivity index (χ0n) is 21.7. The number of carboxylic acid groups (broad SMARTS) is 1. The second-order valence-electron chi connectivity index (χ2n) is 10.0. The molecular formula is C34H32O4. The molecule has 0 heterocycles. The fourth-order valence-electron chi connectivity index (χ4n) is 5.13. The summed E-state index contributed by atoms with van der Waals surface area (Å²) < 4.78 is 12.3. The van der Waals surface area contributed by atoms with Crippen molar-refractivity contribution in [3.63, 3.8) is 0 Å². The minimum atomic E-state index is -0.947. The lowest BCUT2D eigenvalue weighted by molar-refractivity contribution is -0.131. The van der Waals surface area contributed by atoms with E-state index in [1.54, 1.807) is 6.08 Å². The number of benzene rings is 4. The van der Waals surface area contributed by atoms with Crippen LogP contribution in [0.3, 0.4) is 0 Å². The Balaban J connectivity index is 1.08. The van der Waals surface area contributed by atoms with Crippen molar-refractivity contribution in [2.75, 3.05) is 13.2 Å². The van der Waals surface area contributed by atoms with E-state index in [2.05, 4.69) is 54.3 Å². The number of aliphatic carboxylic acids is 1. The molecule has 0 radical (unpaired) electrons. The molecule has 0 aromatic heterocycles. The van der Waals surface area contributed by atoms with Crippen LogP contribution >= 0.6 is 0 Å². The summed E-state index contributed by atoms with van der Waals surface area (Å²) in [5, 5.41) is 13.3. The highest BCUT2D eigenvalue weighted by Gasteiger charge is 2.22. The molecule has 1 fully saturated rings. The average Bonchev–Trinajstić information content (AvgIpc) is 2.94. The van der Waals surface area contributed by atoms with Gasteiger partial charge in [-0.2, -0.15) is 0 Å². The van der Waals surface area contributed by atoms with E-state index in [4.69, 9.17) is 14.6 Å². The fourth-order valence-corrected chi connectivity index (χ4v) is 5.13. The van der Waals surface area contributed by atoms with Crippen molar-refractivity contribution in [3.8, 4) is 23.3 Å². The van der Waals surface area contributed by atoms with E-state index in [-0.39, 0.29) is 0 Å². The highest BCUT2D eigenvalue weighted by atomic mass is 16.5. The molecule has 4 aromatic rings. The van der Waals surface area contributed by atoms with E-state index < -0.39 is 5.97 Å². The van der Waals surface area contributed by atoms with Crippen molar-refractivity contribution in [3.05, 3.63) is 90.0 Å². The normalized spacial score (nSPS) is 17.3. The quantitative estimate of drug-likeness (QED) is 0.197. The van der Waals surface area contributed by atoms with Crippen LogP contribution in [-0.4, -0.2) is 24.3 Å². The van der Waals surface area contributed by atoms with Gasteiger partial charge in [-0.25, -0.2) is 4.79 Å². The smallest absolute Gasteiger partial charge is 0.328 e. The van der Waals surface area contributed by atoms with Crippen LogP contribution in [0, 0.1) is 23.7 Å². The zero-order valence-corrected chi connectivity index (χ0v) is 21.7. The van der Waals surface area contributed by atoms with Gasteiger partial charge in [0.2, 0.25) is 0 Å². The molecule has 0 spiro atoms. The van der Waals surface area contributed by atoms with Crippen LogP contribution in [0.15, 0.2) is 78.9 Å². The Bertz CT molecular complexity index is 1530. The molecule has 4 heteroatoms. The number of ether oxygens (including phenoxy) is 2. The largest absolute Gasteiger partial charge is 0.493 e. The maximum atomic E-state index is 10.7. The third-order valence-electron chi connectivity index (χ3n) is 7.27. The Kier molecular flexibility index (Phi) is 7.95. The van der Waals surface area contributed by atoms with Crippen molar-refractivity contribution >= 4 is 33.6 Å². The molecule has 4 aromatic carbocycles. The van der Waals surface area contributed by atoms with E-state index in [1.807, 2.05) is 37.3 Å². The van der Waals surface area contributed by atoms with E-state index in [0.29, 0.717) is 11.8 Å². The monoisotopic (exact) mass is 504 g/mol. The van der Waals surface area contributed by atoms with Crippen molar-refractivity contribution in [1.82, 2.24) is 0 Å². The molecule has 1 saturated carbocycles. The average molecular weight is 505 g/mol. The van der Waals surface area contributed by atoms with Gasteiger partial charge in [0.1, 0.15) is 11.5 Å². The first-order chi connectivity index (χ1) is 18.6. The van der Waals surface area contributed by atoms with Crippen LogP contribution in [0.1, 0.15) is 43.7 Å². The van der Waals surface area contributed by atoms with E-state index in [1.165, 1.54) is 10.8 Å². The Morgan fingerprint density at radius 2 is 1.32 bits per heavy atom. The lowest BCUT2D eigenvalue weighted by Gasteiger charge is -2.28. The Morgan fingerprint density at radius 3 is 1.89 bits per heavy atom. The number of hydrogen-bond acceptors (Lipinski definition) is 3. The number of rotatable bonds is 8. The summed E-state index contributed by atoms with van der Waals surface area (Å²) in [6.45, 7) is 3.34. The maximum Gasteiger partial charge on any atom is 0.328 e. The minimum Gasteiger partial charge on any atom is -0.493 e. The van der Waals surface area contributed by atoms with Gasteiger partial charge >= 0.3 is 5.97 Å². The Morgan fingerprint density at radius 1 is 0.789 bits per heavy atom. The first kappa shape index (κ1) is 25.4. The van der Waals surface area contributed by atoms with E-state index >= 15 is 0 Å². The summed E-state index contributed by atoms with van der Waals surface area (Å²) in [7, 11) is 0.